The first-order valence-corrected chi connectivity index (χ1v) is 7.25. The molecular weight excluding hydrogens is 246 g/mol. The monoisotopic (exact) mass is 265 g/mol. The Kier molecular flexibility index (Phi) is 3.55. The molecule has 0 saturated carbocycles. The van der Waals surface area contributed by atoms with Crippen LogP contribution in [0.15, 0.2) is 54.6 Å². The zero-order chi connectivity index (χ0) is 13.9. The fourth-order valence-corrected chi connectivity index (χ4v) is 2.91. The molecule has 0 fully saturated rings. The van der Waals surface area contributed by atoms with Gasteiger partial charge in [-0.1, -0.05) is 61.6 Å². The summed E-state index contributed by atoms with van der Waals surface area (Å²) < 4.78 is 0. The summed E-state index contributed by atoms with van der Waals surface area (Å²) in [7, 11) is 0. The first kappa shape index (κ1) is 12.9. The van der Waals surface area contributed by atoms with Gasteiger partial charge in [0.05, 0.1) is 11.7 Å². The minimum Gasteiger partial charge on any atom is -0.304 e. The van der Waals surface area contributed by atoms with Gasteiger partial charge in [0.15, 0.2) is 0 Å². The van der Waals surface area contributed by atoms with Crippen LogP contribution in [0.3, 0.4) is 0 Å². The lowest BCUT2D eigenvalue weighted by Crippen LogP contribution is -2.43. The van der Waals surface area contributed by atoms with Crippen LogP contribution in [-0.2, 0) is 4.79 Å². The van der Waals surface area contributed by atoms with Crippen molar-refractivity contribution >= 4 is 17.7 Å². The lowest BCUT2D eigenvalue weighted by Gasteiger charge is -2.33. The molecule has 1 heterocycles. The molecule has 1 amide bonds. The summed E-state index contributed by atoms with van der Waals surface area (Å²) in [4.78, 5) is 14.6. The van der Waals surface area contributed by atoms with Gasteiger partial charge in [-0.2, -0.15) is 0 Å². The lowest BCUT2D eigenvalue weighted by atomic mass is 9.93. The van der Waals surface area contributed by atoms with Crippen LogP contribution in [0.1, 0.15) is 25.3 Å². The zero-order valence-electron chi connectivity index (χ0n) is 11.7. The number of fused-ring (bicyclic) bond motifs is 2. The molecule has 102 valence electrons. The van der Waals surface area contributed by atoms with Crippen molar-refractivity contribution in [3.8, 4) is 0 Å². The number of para-hydroxylation sites is 1. The largest absolute Gasteiger partial charge is 0.304 e. The summed E-state index contributed by atoms with van der Waals surface area (Å²) in [5, 5.41) is 0. The van der Waals surface area contributed by atoms with Gasteiger partial charge in [0.2, 0.25) is 5.91 Å². The summed E-state index contributed by atoms with van der Waals surface area (Å²) in [5.41, 5.74) is 2.14. The molecule has 1 aliphatic heterocycles. The van der Waals surface area contributed by atoms with E-state index in [4.69, 9.17) is 0 Å². The topological polar surface area (TPSA) is 20.3 Å². The van der Waals surface area contributed by atoms with E-state index in [1.54, 1.807) is 0 Å². The normalized spacial score (nSPS) is 23.1. The second-order valence-corrected chi connectivity index (χ2v) is 5.27. The van der Waals surface area contributed by atoms with Gasteiger partial charge >= 0.3 is 0 Å². The summed E-state index contributed by atoms with van der Waals surface area (Å²) >= 11 is 0. The Morgan fingerprint density at radius 1 is 1.15 bits per heavy atom. The Hall–Kier alpha value is -2.09. The number of allylic oxidation sites excluding steroid dienone is 2. The molecule has 1 aromatic carbocycles. The van der Waals surface area contributed by atoms with Gasteiger partial charge in [-0.15, -0.1) is 0 Å². The molecule has 1 aromatic rings. The third-order valence-corrected chi connectivity index (χ3v) is 3.87. The molecular formula is C18H19NO. The van der Waals surface area contributed by atoms with Crippen molar-refractivity contribution in [2.45, 2.75) is 25.8 Å². The van der Waals surface area contributed by atoms with Crippen LogP contribution in [0.4, 0.5) is 5.69 Å². The summed E-state index contributed by atoms with van der Waals surface area (Å²) in [5.74, 6) is 0.465. The molecule has 2 unspecified atom stereocenters. The van der Waals surface area contributed by atoms with Crippen LogP contribution in [0.2, 0.25) is 0 Å². The minimum atomic E-state index is 0.0962. The van der Waals surface area contributed by atoms with Gasteiger partial charge in [0.1, 0.15) is 0 Å². The first-order valence-electron chi connectivity index (χ1n) is 7.25. The van der Waals surface area contributed by atoms with Crippen molar-refractivity contribution in [2.75, 3.05) is 4.90 Å². The summed E-state index contributed by atoms with van der Waals surface area (Å²) in [6, 6.07) is 8.23. The molecule has 2 atom stereocenters. The van der Waals surface area contributed by atoms with Gasteiger partial charge < -0.3 is 4.90 Å². The van der Waals surface area contributed by atoms with E-state index < -0.39 is 0 Å². The van der Waals surface area contributed by atoms with Crippen LogP contribution < -0.4 is 4.90 Å². The molecule has 2 heteroatoms. The van der Waals surface area contributed by atoms with Gasteiger partial charge in [-0.3, -0.25) is 4.79 Å². The number of anilines is 1. The maximum Gasteiger partial charge on any atom is 0.227 e. The molecule has 3 rings (SSSR count). The van der Waals surface area contributed by atoms with Crippen molar-refractivity contribution in [2.24, 2.45) is 5.92 Å². The number of hydrogen-bond donors (Lipinski definition) is 0. The Balaban J connectivity index is 2.09. The second kappa shape index (κ2) is 5.49. The average molecular weight is 265 g/mol. The predicted octanol–water partition coefficient (Wildman–Crippen LogP) is 3.96. The van der Waals surface area contributed by atoms with E-state index in [2.05, 4.69) is 36.4 Å². The predicted molar refractivity (Wildman–Crippen MR) is 83.4 cm³/mol. The standard InChI is InChI=1S/C18H19NO/c1-2-7-18(20)19-16-10-5-3-8-14(16)12-13-15-9-4-6-11-17(15)19/h3-6,8-14,16H,2,7H2,1H3. The highest BCUT2D eigenvalue weighted by molar-refractivity contribution is 5.97. The van der Waals surface area contributed by atoms with Gasteiger partial charge in [0, 0.05) is 12.3 Å². The third-order valence-electron chi connectivity index (χ3n) is 3.87. The molecule has 2 nitrogen and oxygen atoms in total. The van der Waals surface area contributed by atoms with Crippen LogP contribution >= 0.6 is 0 Å². The van der Waals surface area contributed by atoms with Crippen molar-refractivity contribution in [1.82, 2.24) is 0 Å². The highest BCUT2D eigenvalue weighted by Gasteiger charge is 2.31. The van der Waals surface area contributed by atoms with E-state index in [9.17, 15) is 4.79 Å². The fraction of sp³-hybridized carbons (Fsp3) is 0.278. The van der Waals surface area contributed by atoms with Gasteiger partial charge in [-0.05, 0) is 18.1 Å². The summed E-state index contributed by atoms with van der Waals surface area (Å²) in [6.07, 6.45) is 14.2. The Morgan fingerprint density at radius 3 is 2.80 bits per heavy atom. The minimum absolute atomic E-state index is 0.0962. The molecule has 0 bridgehead atoms. The average Bonchev–Trinajstić information content (AvgIpc) is 2.64. The van der Waals surface area contributed by atoms with Crippen molar-refractivity contribution in [3.63, 3.8) is 0 Å². The number of hydrogen-bond acceptors (Lipinski definition) is 1. The zero-order valence-corrected chi connectivity index (χ0v) is 11.7. The molecule has 20 heavy (non-hydrogen) atoms. The molecule has 0 radical (unpaired) electrons. The highest BCUT2D eigenvalue weighted by atomic mass is 16.2. The van der Waals surface area contributed by atoms with Crippen LogP contribution in [0, 0.1) is 5.92 Å². The molecule has 0 spiro atoms. The van der Waals surface area contributed by atoms with Crippen LogP contribution in [-0.4, -0.2) is 11.9 Å². The van der Waals surface area contributed by atoms with Crippen molar-refractivity contribution in [3.05, 3.63) is 60.2 Å². The highest BCUT2D eigenvalue weighted by Crippen LogP contribution is 2.33. The Morgan fingerprint density at radius 2 is 1.95 bits per heavy atom. The quantitative estimate of drug-likeness (QED) is 0.792. The van der Waals surface area contributed by atoms with E-state index in [1.165, 1.54) is 0 Å². The van der Waals surface area contributed by atoms with Crippen molar-refractivity contribution in [1.29, 1.82) is 0 Å². The van der Waals surface area contributed by atoms with E-state index in [0.717, 1.165) is 17.7 Å². The van der Waals surface area contributed by atoms with Crippen molar-refractivity contribution < 1.29 is 4.79 Å². The first-order chi connectivity index (χ1) is 9.81. The summed E-state index contributed by atoms with van der Waals surface area (Å²) in [6.45, 7) is 2.05. The van der Waals surface area contributed by atoms with E-state index in [0.29, 0.717) is 6.42 Å². The number of amides is 1. The second-order valence-electron chi connectivity index (χ2n) is 5.27. The molecule has 0 aromatic heterocycles. The van der Waals surface area contributed by atoms with Crippen LogP contribution in [0.5, 0.6) is 0 Å². The SMILES string of the molecule is CCCC(=O)N1c2ccccc2C=CC2C=CC=CC21. The third kappa shape index (κ3) is 2.22. The molecule has 1 aliphatic carbocycles. The van der Waals surface area contributed by atoms with E-state index in [-0.39, 0.29) is 17.9 Å². The molecule has 0 N–H and O–H groups in total. The Bertz CT molecular complexity index is 597. The Labute approximate surface area is 120 Å². The number of nitrogens with zero attached hydrogens (tertiary/aromatic N) is 1. The fourth-order valence-electron chi connectivity index (χ4n) is 2.91. The van der Waals surface area contributed by atoms with Crippen LogP contribution in [0.25, 0.3) is 6.08 Å². The van der Waals surface area contributed by atoms with Gasteiger partial charge in [0.25, 0.3) is 0 Å². The molecule has 2 aliphatic rings. The number of benzene rings is 1. The number of rotatable bonds is 2. The smallest absolute Gasteiger partial charge is 0.227 e. The maximum atomic E-state index is 12.6. The molecule has 0 saturated heterocycles. The van der Waals surface area contributed by atoms with Gasteiger partial charge in [-0.25, -0.2) is 0 Å². The maximum absolute atomic E-state index is 12.6. The van der Waals surface area contributed by atoms with E-state index in [1.807, 2.05) is 36.1 Å². The lowest BCUT2D eigenvalue weighted by molar-refractivity contribution is -0.119. The number of carbonyl (C=O) groups is 1. The van der Waals surface area contributed by atoms with E-state index >= 15 is 0 Å². The number of carbonyl (C=O) groups excluding carboxylic acids is 1.